The monoisotopic (exact) mass is 264 g/mol. The second kappa shape index (κ2) is 5.37. The van der Waals surface area contributed by atoms with Crippen molar-refractivity contribution in [2.45, 2.75) is 56.7 Å². The molecule has 2 fully saturated rings. The summed E-state index contributed by atoms with van der Waals surface area (Å²) < 4.78 is 37.6. The third-order valence-electron chi connectivity index (χ3n) is 4.58. The summed E-state index contributed by atoms with van der Waals surface area (Å²) in [5.41, 5.74) is 6.23. The topological polar surface area (TPSA) is 29.3 Å². The molecule has 0 atom stereocenters. The van der Waals surface area contributed by atoms with Crippen LogP contribution in [0.15, 0.2) is 0 Å². The average Bonchev–Trinajstić information content (AvgIpc) is 2.74. The van der Waals surface area contributed by atoms with E-state index in [0.717, 1.165) is 25.8 Å². The molecule has 0 aromatic carbocycles. The largest absolute Gasteiger partial charge is 0.391 e. The molecule has 0 amide bonds. The molecule has 5 heteroatoms. The molecule has 0 bridgehead atoms. The van der Waals surface area contributed by atoms with Crippen LogP contribution in [-0.2, 0) is 0 Å². The Morgan fingerprint density at radius 3 is 2.17 bits per heavy atom. The van der Waals surface area contributed by atoms with Gasteiger partial charge in [0.2, 0.25) is 0 Å². The zero-order valence-electron chi connectivity index (χ0n) is 10.8. The van der Waals surface area contributed by atoms with E-state index >= 15 is 0 Å². The average molecular weight is 264 g/mol. The molecule has 0 unspecified atom stereocenters. The Morgan fingerprint density at radius 1 is 1.11 bits per heavy atom. The summed E-state index contributed by atoms with van der Waals surface area (Å²) >= 11 is 0. The normalized spacial score (nSPS) is 26.7. The maximum atomic E-state index is 12.5. The van der Waals surface area contributed by atoms with Gasteiger partial charge in [-0.2, -0.15) is 13.2 Å². The van der Waals surface area contributed by atoms with Crippen LogP contribution in [0.25, 0.3) is 0 Å². The van der Waals surface area contributed by atoms with Gasteiger partial charge >= 0.3 is 6.18 Å². The molecule has 18 heavy (non-hydrogen) atoms. The molecule has 2 aliphatic rings. The molecule has 106 valence electrons. The molecule has 0 spiro atoms. The molecule has 0 aromatic heterocycles. The summed E-state index contributed by atoms with van der Waals surface area (Å²) in [7, 11) is 0. The lowest BCUT2D eigenvalue weighted by molar-refractivity contribution is -0.185. The smallest absolute Gasteiger partial charge is 0.325 e. The minimum absolute atomic E-state index is 0.0408. The number of likely N-dealkylation sites (tertiary alicyclic amines) is 1. The summed E-state index contributed by atoms with van der Waals surface area (Å²) in [5.74, 6) is -1.09. The molecule has 2 N–H and O–H groups in total. The van der Waals surface area contributed by atoms with E-state index in [2.05, 4.69) is 4.90 Å². The fourth-order valence-corrected chi connectivity index (χ4v) is 3.19. The van der Waals surface area contributed by atoms with Crippen molar-refractivity contribution in [2.75, 3.05) is 19.6 Å². The van der Waals surface area contributed by atoms with Gasteiger partial charge in [-0.3, -0.25) is 0 Å². The molecule has 2 rings (SSSR count). The number of hydrogen-bond donors (Lipinski definition) is 1. The highest BCUT2D eigenvalue weighted by Crippen LogP contribution is 2.35. The van der Waals surface area contributed by atoms with Crippen LogP contribution in [0, 0.1) is 5.92 Å². The molecule has 2 nitrogen and oxygen atoms in total. The molecular formula is C13H23F3N2. The van der Waals surface area contributed by atoms with Gasteiger partial charge in [0.05, 0.1) is 5.92 Å². The summed E-state index contributed by atoms with van der Waals surface area (Å²) in [5, 5.41) is 0. The number of piperidine rings is 1. The van der Waals surface area contributed by atoms with Gasteiger partial charge in [0.15, 0.2) is 0 Å². The van der Waals surface area contributed by atoms with Crippen LogP contribution in [-0.4, -0.2) is 36.2 Å². The van der Waals surface area contributed by atoms with Crippen molar-refractivity contribution in [3.63, 3.8) is 0 Å². The lowest BCUT2D eigenvalue weighted by atomic mass is 9.92. The van der Waals surface area contributed by atoms with Gasteiger partial charge in [-0.15, -0.1) is 0 Å². The maximum Gasteiger partial charge on any atom is 0.391 e. The highest BCUT2D eigenvalue weighted by molar-refractivity contribution is 4.90. The number of alkyl halides is 3. The van der Waals surface area contributed by atoms with Crippen molar-refractivity contribution in [2.24, 2.45) is 11.7 Å². The van der Waals surface area contributed by atoms with Gasteiger partial charge in [0, 0.05) is 5.54 Å². The second-order valence-electron chi connectivity index (χ2n) is 5.98. The molecular weight excluding hydrogens is 241 g/mol. The van der Waals surface area contributed by atoms with Crippen LogP contribution in [0.3, 0.4) is 0 Å². The van der Waals surface area contributed by atoms with Gasteiger partial charge < -0.3 is 10.6 Å². The zero-order valence-corrected chi connectivity index (χ0v) is 10.8. The first-order chi connectivity index (χ1) is 8.39. The third-order valence-corrected chi connectivity index (χ3v) is 4.58. The number of nitrogens with zero attached hydrogens (tertiary/aromatic N) is 1. The summed E-state index contributed by atoms with van der Waals surface area (Å²) in [6.07, 6.45) is 1.98. The van der Waals surface area contributed by atoms with E-state index in [0.29, 0.717) is 13.1 Å². The standard InChI is InChI=1S/C13H23F3N2/c14-13(15,16)11-3-8-18(9-4-11)10-7-12(17)5-1-2-6-12/h11H,1-10,17H2. The number of nitrogens with two attached hydrogens (primary N) is 1. The van der Waals surface area contributed by atoms with Crippen LogP contribution in [0.1, 0.15) is 44.9 Å². The first-order valence-corrected chi connectivity index (χ1v) is 6.97. The van der Waals surface area contributed by atoms with Gasteiger partial charge in [0.1, 0.15) is 0 Å². The molecule has 0 aromatic rings. The minimum atomic E-state index is -4.01. The minimum Gasteiger partial charge on any atom is -0.325 e. The Labute approximate surface area is 107 Å². The van der Waals surface area contributed by atoms with E-state index in [1.165, 1.54) is 12.8 Å². The SMILES string of the molecule is NC1(CCN2CCC(C(F)(F)F)CC2)CCCC1. The summed E-state index contributed by atoms with van der Waals surface area (Å²) in [6.45, 7) is 2.00. The van der Waals surface area contributed by atoms with E-state index in [1.54, 1.807) is 0 Å². The molecule has 1 saturated heterocycles. The van der Waals surface area contributed by atoms with Crippen molar-refractivity contribution in [1.82, 2.24) is 4.90 Å². The van der Waals surface area contributed by atoms with Crippen LogP contribution in [0.5, 0.6) is 0 Å². The predicted octanol–water partition coefficient (Wildman–Crippen LogP) is 2.92. The quantitative estimate of drug-likeness (QED) is 0.849. The van der Waals surface area contributed by atoms with Crippen LogP contribution < -0.4 is 5.73 Å². The zero-order chi connectivity index (χ0) is 13.2. The lowest BCUT2D eigenvalue weighted by Crippen LogP contribution is -2.44. The number of halogens is 3. The van der Waals surface area contributed by atoms with Crippen LogP contribution in [0.2, 0.25) is 0 Å². The van der Waals surface area contributed by atoms with E-state index in [-0.39, 0.29) is 18.4 Å². The number of hydrogen-bond acceptors (Lipinski definition) is 2. The third kappa shape index (κ3) is 3.60. The van der Waals surface area contributed by atoms with Gasteiger partial charge in [-0.05, 0) is 51.7 Å². The van der Waals surface area contributed by atoms with Gasteiger partial charge in [-0.1, -0.05) is 12.8 Å². The Hall–Kier alpha value is -0.290. The van der Waals surface area contributed by atoms with Crippen molar-refractivity contribution in [1.29, 1.82) is 0 Å². The van der Waals surface area contributed by atoms with E-state index in [1.807, 2.05) is 0 Å². The van der Waals surface area contributed by atoms with Gasteiger partial charge in [0.25, 0.3) is 0 Å². The fraction of sp³-hybridized carbons (Fsp3) is 1.00. The number of rotatable bonds is 3. The van der Waals surface area contributed by atoms with Crippen molar-refractivity contribution in [3.8, 4) is 0 Å². The predicted molar refractivity (Wildman–Crippen MR) is 65.2 cm³/mol. The Morgan fingerprint density at radius 2 is 1.67 bits per heavy atom. The van der Waals surface area contributed by atoms with Crippen molar-refractivity contribution in [3.05, 3.63) is 0 Å². The maximum absolute atomic E-state index is 12.5. The van der Waals surface area contributed by atoms with Crippen LogP contribution in [0.4, 0.5) is 13.2 Å². The highest BCUT2D eigenvalue weighted by atomic mass is 19.4. The van der Waals surface area contributed by atoms with E-state index in [9.17, 15) is 13.2 Å². The van der Waals surface area contributed by atoms with E-state index < -0.39 is 12.1 Å². The van der Waals surface area contributed by atoms with E-state index in [4.69, 9.17) is 5.73 Å². The summed E-state index contributed by atoms with van der Waals surface area (Å²) in [6, 6.07) is 0. The summed E-state index contributed by atoms with van der Waals surface area (Å²) in [4.78, 5) is 2.15. The Kier molecular flexibility index (Phi) is 4.22. The molecule has 0 radical (unpaired) electrons. The van der Waals surface area contributed by atoms with Crippen molar-refractivity contribution >= 4 is 0 Å². The highest BCUT2D eigenvalue weighted by Gasteiger charge is 2.41. The van der Waals surface area contributed by atoms with Crippen molar-refractivity contribution < 1.29 is 13.2 Å². The Balaban J connectivity index is 1.71. The first-order valence-electron chi connectivity index (χ1n) is 6.97. The molecule has 1 saturated carbocycles. The molecule has 1 aliphatic carbocycles. The molecule has 1 aliphatic heterocycles. The van der Waals surface area contributed by atoms with Crippen LogP contribution >= 0.6 is 0 Å². The second-order valence-corrected chi connectivity index (χ2v) is 5.98. The first kappa shape index (κ1) is 14.1. The Bertz CT molecular complexity index is 264. The van der Waals surface area contributed by atoms with Gasteiger partial charge in [-0.25, -0.2) is 0 Å². The lowest BCUT2D eigenvalue weighted by Gasteiger charge is -2.35. The fourth-order valence-electron chi connectivity index (χ4n) is 3.19. The molecule has 1 heterocycles.